The summed E-state index contributed by atoms with van der Waals surface area (Å²) in [5.41, 5.74) is 1.60. The summed E-state index contributed by atoms with van der Waals surface area (Å²) >= 11 is 5.73. The second-order valence-electron chi connectivity index (χ2n) is 6.36. The standard InChI is InChI=1S/C21H21ClFN3O2/c1-3-26-20(24-21(25-26)15-7-11-18(22)19(23)12-15)13-16(27)8-4-14-5-9-17(28-2)10-6-14/h5-7,9-12H,3-4,8,13H2,1-2H3. The summed E-state index contributed by atoms with van der Waals surface area (Å²) in [4.78, 5) is 16.9. The third-order valence-corrected chi connectivity index (χ3v) is 4.74. The molecule has 0 saturated heterocycles. The summed E-state index contributed by atoms with van der Waals surface area (Å²) in [6.45, 7) is 2.50. The van der Waals surface area contributed by atoms with Crippen molar-refractivity contribution in [3.8, 4) is 17.1 Å². The fraction of sp³-hybridized carbons (Fsp3) is 0.286. The molecule has 0 N–H and O–H groups in total. The zero-order valence-electron chi connectivity index (χ0n) is 15.8. The van der Waals surface area contributed by atoms with E-state index >= 15 is 0 Å². The van der Waals surface area contributed by atoms with Crippen LogP contribution in [0.15, 0.2) is 42.5 Å². The van der Waals surface area contributed by atoms with E-state index in [1.54, 1.807) is 17.9 Å². The molecule has 1 heterocycles. The number of ketones is 1. The molecule has 0 bridgehead atoms. The molecule has 0 fully saturated rings. The van der Waals surface area contributed by atoms with E-state index < -0.39 is 5.82 Å². The predicted molar refractivity (Wildman–Crippen MR) is 106 cm³/mol. The summed E-state index contributed by atoms with van der Waals surface area (Å²) in [6.07, 6.45) is 1.25. The Morgan fingerprint density at radius 2 is 1.96 bits per heavy atom. The Balaban J connectivity index is 1.67. The number of rotatable bonds is 8. The minimum absolute atomic E-state index is 0.0487. The van der Waals surface area contributed by atoms with Gasteiger partial charge in [0.2, 0.25) is 0 Å². The van der Waals surface area contributed by atoms with Gasteiger partial charge in [-0.15, -0.1) is 0 Å². The molecule has 0 spiro atoms. The molecule has 3 aromatic rings. The average molecular weight is 402 g/mol. The molecule has 0 aliphatic rings. The number of methoxy groups -OCH3 is 1. The molecule has 2 aromatic carbocycles. The number of carbonyl (C=O) groups is 1. The Kier molecular flexibility index (Phi) is 6.41. The largest absolute Gasteiger partial charge is 0.497 e. The van der Waals surface area contributed by atoms with Crippen LogP contribution in [0.4, 0.5) is 4.39 Å². The maximum absolute atomic E-state index is 13.7. The number of nitrogens with zero attached hydrogens (tertiary/aromatic N) is 3. The molecule has 0 amide bonds. The highest BCUT2D eigenvalue weighted by Gasteiger charge is 2.15. The fourth-order valence-electron chi connectivity index (χ4n) is 2.86. The highest BCUT2D eigenvalue weighted by Crippen LogP contribution is 2.22. The molecule has 0 aliphatic heterocycles. The number of hydrogen-bond acceptors (Lipinski definition) is 4. The maximum Gasteiger partial charge on any atom is 0.181 e. The summed E-state index contributed by atoms with van der Waals surface area (Å²) in [5.74, 6) is 1.30. The number of carbonyl (C=O) groups excluding carboxylic acids is 1. The second kappa shape index (κ2) is 8.97. The van der Waals surface area contributed by atoms with E-state index in [-0.39, 0.29) is 17.2 Å². The SMILES string of the molecule is CCn1nc(-c2ccc(Cl)c(F)c2)nc1CC(=O)CCc1ccc(OC)cc1. The van der Waals surface area contributed by atoms with Crippen LogP contribution in [0.25, 0.3) is 11.4 Å². The van der Waals surface area contributed by atoms with E-state index in [1.807, 2.05) is 31.2 Å². The third kappa shape index (κ3) is 4.75. The molecule has 7 heteroatoms. The van der Waals surface area contributed by atoms with Gasteiger partial charge in [-0.3, -0.25) is 4.79 Å². The summed E-state index contributed by atoms with van der Waals surface area (Å²) in [6, 6.07) is 12.1. The number of aryl methyl sites for hydroxylation is 2. The van der Waals surface area contributed by atoms with Gasteiger partial charge in [-0.05, 0) is 49.2 Å². The minimum Gasteiger partial charge on any atom is -0.497 e. The van der Waals surface area contributed by atoms with Crippen LogP contribution in [0.2, 0.25) is 5.02 Å². The first-order chi connectivity index (χ1) is 13.5. The molecule has 0 radical (unpaired) electrons. The van der Waals surface area contributed by atoms with Gasteiger partial charge in [0.05, 0.1) is 18.6 Å². The number of aromatic nitrogens is 3. The van der Waals surface area contributed by atoms with E-state index in [1.165, 1.54) is 12.1 Å². The van der Waals surface area contributed by atoms with Gasteiger partial charge in [0, 0.05) is 18.5 Å². The van der Waals surface area contributed by atoms with Crippen LogP contribution in [0.5, 0.6) is 5.75 Å². The minimum atomic E-state index is -0.524. The Morgan fingerprint density at radius 1 is 1.21 bits per heavy atom. The lowest BCUT2D eigenvalue weighted by Crippen LogP contribution is -2.11. The Bertz CT molecular complexity index is 970. The van der Waals surface area contributed by atoms with Crippen LogP contribution in [0, 0.1) is 5.82 Å². The Morgan fingerprint density at radius 3 is 2.61 bits per heavy atom. The lowest BCUT2D eigenvalue weighted by Gasteiger charge is -2.04. The van der Waals surface area contributed by atoms with Crippen molar-refractivity contribution in [2.24, 2.45) is 0 Å². The van der Waals surface area contributed by atoms with Crippen LogP contribution < -0.4 is 4.74 Å². The van der Waals surface area contributed by atoms with Gasteiger partial charge in [0.25, 0.3) is 0 Å². The molecular weight excluding hydrogens is 381 g/mol. The Hall–Kier alpha value is -2.73. The van der Waals surface area contributed by atoms with E-state index in [2.05, 4.69) is 10.1 Å². The van der Waals surface area contributed by atoms with Crippen LogP contribution in [-0.4, -0.2) is 27.7 Å². The number of hydrogen-bond donors (Lipinski definition) is 0. The topological polar surface area (TPSA) is 57.0 Å². The fourth-order valence-corrected chi connectivity index (χ4v) is 2.97. The van der Waals surface area contributed by atoms with E-state index in [0.717, 1.165) is 11.3 Å². The van der Waals surface area contributed by atoms with Gasteiger partial charge < -0.3 is 4.74 Å². The van der Waals surface area contributed by atoms with E-state index in [9.17, 15) is 9.18 Å². The first kappa shape index (κ1) is 20.0. The Labute approximate surface area is 168 Å². The van der Waals surface area contributed by atoms with Gasteiger partial charge in [0.1, 0.15) is 23.2 Å². The number of ether oxygens (including phenoxy) is 1. The highest BCUT2D eigenvalue weighted by molar-refractivity contribution is 6.30. The van der Waals surface area contributed by atoms with Gasteiger partial charge >= 0.3 is 0 Å². The van der Waals surface area contributed by atoms with Crippen molar-refractivity contribution < 1.29 is 13.9 Å². The third-order valence-electron chi connectivity index (χ3n) is 4.43. The van der Waals surface area contributed by atoms with Crippen molar-refractivity contribution in [3.05, 3.63) is 64.7 Å². The smallest absolute Gasteiger partial charge is 0.181 e. The molecule has 0 atom stereocenters. The zero-order chi connectivity index (χ0) is 20.1. The van der Waals surface area contributed by atoms with Crippen molar-refractivity contribution in [2.75, 3.05) is 7.11 Å². The highest BCUT2D eigenvalue weighted by atomic mass is 35.5. The lowest BCUT2D eigenvalue weighted by atomic mass is 10.1. The van der Waals surface area contributed by atoms with Gasteiger partial charge in [0.15, 0.2) is 5.82 Å². The number of benzene rings is 2. The molecule has 0 saturated carbocycles. The molecular formula is C21H21ClFN3O2. The zero-order valence-corrected chi connectivity index (χ0v) is 16.5. The van der Waals surface area contributed by atoms with Crippen molar-refractivity contribution in [2.45, 2.75) is 32.7 Å². The average Bonchev–Trinajstić information content (AvgIpc) is 3.11. The van der Waals surface area contributed by atoms with Crippen LogP contribution in [-0.2, 0) is 24.2 Å². The molecule has 146 valence electrons. The van der Waals surface area contributed by atoms with Crippen LogP contribution >= 0.6 is 11.6 Å². The van der Waals surface area contributed by atoms with Gasteiger partial charge in [-0.2, -0.15) is 5.10 Å². The number of Topliss-reactive ketones (excluding diaryl/α,β-unsaturated/α-hetero) is 1. The molecule has 0 aliphatic carbocycles. The van der Waals surface area contributed by atoms with E-state index in [0.29, 0.717) is 36.6 Å². The normalized spacial score (nSPS) is 10.9. The molecule has 1 aromatic heterocycles. The first-order valence-electron chi connectivity index (χ1n) is 9.04. The van der Waals surface area contributed by atoms with Crippen molar-refractivity contribution >= 4 is 17.4 Å². The van der Waals surface area contributed by atoms with Crippen molar-refractivity contribution in [1.82, 2.24) is 14.8 Å². The first-order valence-corrected chi connectivity index (χ1v) is 9.41. The molecule has 28 heavy (non-hydrogen) atoms. The van der Waals surface area contributed by atoms with Crippen LogP contribution in [0.3, 0.4) is 0 Å². The summed E-state index contributed by atoms with van der Waals surface area (Å²) in [7, 11) is 1.62. The monoisotopic (exact) mass is 401 g/mol. The lowest BCUT2D eigenvalue weighted by molar-refractivity contribution is -0.118. The van der Waals surface area contributed by atoms with Gasteiger partial charge in [-0.1, -0.05) is 23.7 Å². The maximum atomic E-state index is 13.7. The molecule has 0 unspecified atom stereocenters. The van der Waals surface area contributed by atoms with E-state index in [4.69, 9.17) is 16.3 Å². The molecule has 5 nitrogen and oxygen atoms in total. The number of halogens is 2. The van der Waals surface area contributed by atoms with Gasteiger partial charge in [-0.25, -0.2) is 14.1 Å². The summed E-state index contributed by atoms with van der Waals surface area (Å²) < 4.78 is 20.5. The summed E-state index contributed by atoms with van der Waals surface area (Å²) in [5, 5.41) is 4.44. The van der Waals surface area contributed by atoms with Crippen molar-refractivity contribution in [3.63, 3.8) is 0 Å². The predicted octanol–water partition coefficient (Wildman–Crippen LogP) is 4.51. The second-order valence-corrected chi connectivity index (χ2v) is 6.77. The van der Waals surface area contributed by atoms with Crippen molar-refractivity contribution in [1.29, 1.82) is 0 Å². The molecule has 3 rings (SSSR count). The quantitative estimate of drug-likeness (QED) is 0.557. The van der Waals surface area contributed by atoms with Crippen LogP contribution in [0.1, 0.15) is 24.7 Å².